The van der Waals surface area contributed by atoms with Crippen molar-refractivity contribution in [1.82, 2.24) is 5.32 Å². The van der Waals surface area contributed by atoms with Crippen molar-refractivity contribution in [3.05, 3.63) is 40.8 Å². The van der Waals surface area contributed by atoms with Crippen LogP contribution in [-0.2, 0) is 16.0 Å². The molecule has 0 atom stereocenters. The van der Waals surface area contributed by atoms with Gasteiger partial charge in [-0.2, -0.15) is 0 Å². The zero-order chi connectivity index (χ0) is 15.2. The Kier molecular flexibility index (Phi) is 5.16. The molecule has 0 bridgehead atoms. The second kappa shape index (κ2) is 7.08. The first-order chi connectivity index (χ1) is 10.1. The summed E-state index contributed by atoms with van der Waals surface area (Å²) >= 11 is 0.725. The molecule has 1 saturated heterocycles. The molecule has 21 heavy (non-hydrogen) atoms. The summed E-state index contributed by atoms with van der Waals surface area (Å²) in [7, 11) is 0. The molecule has 6 heteroatoms. The maximum atomic E-state index is 11.8. The molecule has 1 fully saturated rings. The molecule has 0 unspecified atom stereocenters. The van der Waals surface area contributed by atoms with Gasteiger partial charge in [-0.05, 0) is 42.3 Å². The fourth-order valence-corrected chi connectivity index (χ4v) is 2.51. The molecular formula is C15H16N2O3S. The van der Waals surface area contributed by atoms with Gasteiger partial charge in [0, 0.05) is 11.8 Å². The first-order valence-corrected chi connectivity index (χ1v) is 7.55. The smallest absolute Gasteiger partial charge is 0.290 e. The predicted octanol–water partition coefficient (Wildman–Crippen LogP) is 2.83. The molecule has 5 nitrogen and oxygen atoms in total. The minimum absolute atomic E-state index is 0.108. The van der Waals surface area contributed by atoms with E-state index in [0.717, 1.165) is 37.1 Å². The van der Waals surface area contributed by atoms with Gasteiger partial charge in [0.05, 0.1) is 4.91 Å². The van der Waals surface area contributed by atoms with Gasteiger partial charge in [0.25, 0.3) is 11.1 Å². The Hall–Kier alpha value is -2.08. The summed E-state index contributed by atoms with van der Waals surface area (Å²) in [4.78, 5) is 34.2. The molecule has 1 aliphatic heterocycles. The summed E-state index contributed by atoms with van der Waals surface area (Å²) in [5, 5.41) is 4.31. The molecule has 2 N–H and O–H groups in total. The second-order valence-corrected chi connectivity index (χ2v) is 5.66. The van der Waals surface area contributed by atoms with Crippen LogP contribution in [0.25, 0.3) is 0 Å². The Balaban J connectivity index is 1.95. The maximum absolute atomic E-state index is 11.8. The van der Waals surface area contributed by atoms with Gasteiger partial charge >= 0.3 is 0 Å². The Morgan fingerprint density at radius 3 is 2.57 bits per heavy atom. The normalized spacial score (nSPS) is 16.1. The van der Waals surface area contributed by atoms with Gasteiger partial charge in [0.1, 0.15) is 0 Å². The summed E-state index contributed by atoms with van der Waals surface area (Å²) in [5.74, 6) is -0.960. The van der Waals surface area contributed by atoms with Crippen LogP contribution in [0.5, 0.6) is 0 Å². The number of aryl methyl sites for hydroxylation is 1. The van der Waals surface area contributed by atoms with Crippen LogP contribution in [-0.4, -0.2) is 17.1 Å². The van der Waals surface area contributed by atoms with Crippen LogP contribution in [0.15, 0.2) is 35.2 Å². The van der Waals surface area contributed by atoms with E-state index < -0.39 is 17.1 Å². The highest BCUT2D eigenvalue weighted by Gasteiger charge is 2.25. The highest BCUT2D eigenvalue weighted by Crippen LogP contribution is 2.22. The van der Waals surface area contributed by atoms with Crippen molar-refractivity contribution < 1.29 is 14.4 Å². The molecule has 2 rings (SSSR count). The Morgan fingerprint density at radius 1 is 1.29 bits per heavy atom. The van der Waals surface area contributed by atoms with Crippen molar-refractivity contribution in [2.24, 2.45) is 0 Å². The van der Waals surface area contributed by atoms with Crippen molar-refractivity contribution in [1.29, 1.82) is 0 Å². The molecule has 110 valence electrons. The Bertz CT molecular complexity index is 593. The van der Waals surface area contributed by atoms with E-state index in [-0.39, 0.29) is 4.91 Å². The van der Waals surface area contributed by atoms with Crippen molar-refractivity contribution >= 4 is 34.5 Å². The molecule has 0 radical (unpaired) electrons. The average Bonchev–Trinajstić information content (AvgIpc) is 2.76. The van der Waals surface area contributed by atoms with Crippen molar-refractivity contribution in [2.75, 3.05) is 5.32 Å². The summed E-state index contributed by atoms with van der Waals surface area (Å²) < 4.78 is 0. The van der Waals surface area contributed by atoms with Gasteiger partial charge in [-0.3, -0.25) is 19.7 Å². The van der Waals surface area contributed by atoms with Crippen LogP contribution >= 0.6 is 11.8 Å². The molecular weight excluding hydrogens is 288 g/mol. The van der Waals surface area contributed by atoms with Gasteiger partial charge in [-0.1, -0.05) is 25.5 Å². The van der Waals surface area contributed by atoms with Crippen LogP contribution in [0.1, 0.15) is 25.3 Å². The molecule has 0 saturated carbocycles. The Labute approximate surface area is 127 Å². The van der Waals surface area contributed by atoms with Crippen molar-refractivity contribution in [3.63, 3.8) is 0 Å². The van der Waals surface area contributed by atoms with Gasteiger partial charge in [-0.15, -0.1) is 0 Å². The van der Waals surface area contributed by atoms with Crippen LogP contribution in [0.2, 0.25) is 0 Å². The average molecular weight is 304 g/mol. The number of benzene rings is 1. The highest BCUT2D eigenvalue weighted by molar-refractivity contribution is 8.18. The monoisotopic (exact) mass is 304 g/mol. The second-order valence-electron chi connectivity index (χ2n) is 4.64. The third-order valence-electron chi connectivity index (χ3n) is 2.94. The van der Waals surface area contributed by atoms with Crippen LogP contribution in [0.3, 0.4) is 0 Å². The largest absolute Gasteiger partial charge is 0.322 e. The van der Waals surface area contributed by atoms with Gasteiger partial charge in [0.2, 0.25) is 5.91 Å². The first kappa shape index (κ1) is 15.3. The van der Waals surface area contributed by atoms with E-state index in [1.807, 2.05) is 24.3 Å². The van der Waals surface area contributed by atoms with Crippen LogP contribution < -0.4 is 10.6 Å². The maximum Gasteiger partial charge on any atom is 0.290 e. The van der Waals surface area contributed by atoms with Crippen molar-refractivity contribution in [3.8, 4) is 0 Å². The van der Waals surface area contributed by atoms with Gasteiger partial charge < -0.3 is 5.32 Å². The molecule has 1 aliphatic rings. The van der Waals surface area contributed by atoms with Crippen molar-refractivity contribution in [2.45, 2.75) is 26.2 Å². The number of unbranched alkanes of at least 4 members (excludes halogenated alkanes) is 1. The van der Waals surface area contributed by atoms with E-state index in [9.17, 15) is 14.4 Å². The number of hydrogen-bond donors (Lipinski definition) is 2. The zero-order valence-electron chi connectivity index (χ0n) is 11.6. The zero-order valence-corrected chi connectivity index (χ0v) is 12.5. The van der Waals surface area contributed by atoms with E-state index >= 15 is 0 Å². The molecule has 1 aromatic rings. The third-order valence-corrected chi connectivity index (χ3v) is 3.76. The lowest BCUT2D eigenvalue weighted by atomic mass is 10.1. The lowest BCUT2D eigenvalue weighted by molar-refractivity contribution is -0.116. The molecule has 0 spiro atoms. The number of rotatable bonds is 5. The predicted molar refractivity (Wildman–Crippen MR) is 82.9 cm³/mol. The first-order valence-electron chi connectivity index (χ1n) is 6.73. The number of carbonyl (C=O) groups is 3. The van der Waals surface area contributed by atoms with E-state index in [1.54, 1.807) is 0 Å². The Morgan fingerprint density at radius 2 is 2.00 bits per heavy atom. The van der Waals surface area contributed by atoms with E-state index in [2.05, 4.69) is 17.6 Å². The standard InChI is InChI=1S/C15H16N2O3S/c1-2-3-4-10-5-7-11(8-6-10)16-13(18)9-12-14(19)17-15(20)21-12/h5-9H,2-4H2,1H3,(H,16,18)(H,17,19,20)/b12-9-. The van der Waals surface area contributed by atoms with E-state index in [4.69, 9.17) is 0 Å². The van der Waals surface area contributed by atoms with E-state index in [0.29, 0.717) is 5.69 Å². The number of anilines is 1. The molecule has 0 aliphatic carbocycles. The summed E-state index contributed by atoms with van der Waals surface area (Å²) in [6.07, 6.45) is 4.44. The lowest BCUT2D eigenvalue weighted by Crippen LogP contribution is -2.18. The fraction of sp³-hybridized carbons (Fsp3) is 0.267. The topological polar surface area (TPSA) is 75.3 Å². The quantitative estimate of drug-likeness (QED) is 0.820. The number of imide groups is 1. The summed E-state index contributed by atoms with van der Waals surface area (Å²) in [5.41, 5.74) is 1.89. The molecule has 1 heterocycles. The molecule has 3 amide bonds. The number of hydrogen-bond acceptors (Lipinski definition) is 4. The number of carbonyl (C=O) groups excluding carboxylic acids is 3. The van der Waals surface area contributed by atoms with Gasteiger partial charge in [0.15, 0.2) is 0 Å². The SMILES string of the molecule is CCCCc1ccc(NC(=O)/C=C2\SC(=O)NC2=O)cc1. The summed E-state index contributed by atoms with van der Waals surface area (Å²) in [6, 6.07) is 7.60. The van der Waals surface area contributed by atoms with E-state index in [1.165, 1.54) is 5.56 Å². The summed E-state index contributed by atoms with van der Waals surface area (Å²) in [6.45, 7) is 2.14. The minimum Gasteiger partial charge on any atom is -0.322 e. The number of thioether (sulfide) groups is 1. The molecule has 0 aromatic heterocycles. The highest BCUT2D eigenvalue weighted by atomic mass is 32.2. The number of amides is 3. The van der Waals surface area contributed by atoms with Crippen LogP contribution in [0.4, 0.5) is 10.5 Å². The number of nitrogens with one attached hydrogen (secondary N) is 2. The van der Waals surface area contributed by atoms with Gasteiger partial charge in [-0.25, -0.2) is 0 Å². The molecule has 1 aromatic carbocycles. The third kappa shape index (κ3) is 4.46. The minimum atomic E-state index is -0.532. The van der Waals surface area contributed by atoms with Crippen LogP contribution in [0, 0.1) is 0 Å². The lowest BCUT2D eigenvalue weighted by Gasteiger charge is -2.04. The fourth-order valence-electron chi connectivity index (χ4n) is 1.85.